The molecule has 0 aromatic heterocycles. The molecule has 0 spiro atoms. The summed E-state index contributed by atoms with van der Waals surface area (Å²) in [5, 5.41) is 8.85. The average molecular weight is 434 g/mol. The van der Waals surface area contributed by atoms with Gasteiger partial charge >= 0.3 is 5.97 Å². The van der Waals surface area contributed by atoms with Crippen molar-refractivity contribution in [2.75, 3.05) is 19.3 Å². The molecular weight excluding hydrogens is 398 g/mol. The Kier molecular flexibility index (Phi) is 8.30. The van der Waals surface area contributed by atoms with Crippen LogP contribution in [-0.4, -0.2) is 49.0 Å². The molecule has 30 heavy (non-hydrogen) atoms. The predicted octanol–water partition coefficient (Wildman–Crippen LogP) is 4.74. The molecule has 0 saturated carbocycles. The van der Waals surface area contributed by atoms with Crippen molar-refractivity contribution < 1.29 is 18.3 Å². The molecule has 6 heteroatoms. The Bertz CT molecular complexity index is 936. The van der Waals surface area contributed by atoms with Crippen LogP contribution in [0, 0.1) is 13.8 Å². The number of hydrogen-bond acceptors (Lipinski definition) is 4. The topological polar surface area (TPSA) is 74.7 Å². The van der Waals surface area contributed by atoms with Crippen LogP contribution in [-0.2, 0) is 14.6 Å². The van der Waals surface area contributed by atoms with E-state index < -0.39 is 21.1 Å². The van der Waals surface area contributed by atoms with Crippen molar-refractivity contribution in [3.05, 3.63) is 52.2 Å². The Morgan fingerprint density at radius 1 is 1.13 bits per heavy atom. The molecule has 1 aliphatic carbocycles. The summed E-state index contributed by atoms with van der Waals surface area (Å²) < 4.78 is 25.7. The summed E-state index contributed by atoms with van der Waals surface area (Å²) >= 11 is 0. The molecule has 0 aliphatic heterocycles. The molecule has 0 heterocycles. The van der Waals surface area contributed by atoms with Gasteiger partial charge in [0.15, 0.2) is 9.84 Å². The van der Waals surface area contributed by atoms with Crippen LogP contribution in [0.25, 0.3) is 5.57 Å². The van der Waals surface area contributed by atoms with E-state index in [1.807, 2.05) is 26.0 Å². The van der Waals surface area contributed by atoms with E-state index in [0.29, 0.717) is 0 Å². The number of sulfone groups is 1. The number of hydrogen-bond donors (Lipinski definition) is 1. The minimum atomic E-state index is -3.51. The smallest absolute Gasteiger partial charge is 0.331 e. The van der Waals surface area contributed by atoms with Gasteiger partial charge in [0.05, 0.1) is 5.25 Å². The number of carboxylic acids is 1. The first-order chi connectivity index (χ1) is 14.1. The number of benzene rings is 1. The number of carbonyl (C=O) groups is 1. The maximum atomic E-state index is 12.8. The summed E-state index contributed by atoms with van der Waals surface area (Å²) in [4.78, 5) is 14.1. The molecule has 5 nitrogen and oxygen atoms in total. The van der Waals surface area contributed by atoms with Crippen molar-refractivity contribution in [1.29, 1.82) is 0 Å². The zero-order valence-electron chi connectivity index (χ0n) is 18.9. The average Bonchev–Trinajstić information content (AvgIpc) is 2.67. The molecule has 2 rings (SSSR count). The minimum absolute atomic E-state index is 0.00425. The molecule has 0 saturated heterocycles. The third-order valence-electron chi connectivity index (χ3n) is 5.68. The zero-order valence-corrected chi connectivity index (χ0v) is 19.7. The lowest BCUT2D eigenvalue weighted by molar-refractivity contribution is -0.132. The second-order valence-electron chi connectivity index (χ2n) is 8.31. The van der Waals surface area contributed by atoms with E-state index in [0.717, 1.165) is 66.7 Å². The highest BCUT2D eigenvalue weighted by atomic mass is 32.2. The quantitative estimate of drug-likeness (QED) is 0.577. The van der Waals surface area contributed by atoms with Gasteiger partial charge in [-0.1, -0.05) is 50.5 Å². The van der Waals surface area contributed by atoms with Gasteiger partial charge in [0.1, 0.15) is 0 Å². The predicted molar refractivity (Wildman–Crippen MR) is 123 cm³/mol. The Balaban J connectivity index is 2.82. The largest absolute Gasteiger partial charge is 0.478 e. The summed E-state index contributed by atoms with van der Waals surface area (Å²) in [6.45, 7) is 9.80. The molecule has 1 aromatic carbocycles. The molecule has 0 fully saturated rings. The highest BCUT2D eigenvalue weighted by Gasteiger charge is 2.36. The third kappa shape index (κ3) is 5.75. The molecule has 0 radical (unpaired) electrons. The van der Waals surface area contributed by atoms with Gasteiger partial charge in [-0.25, -0.2) is 13.2 Å². The molecular formula is C24H35NO4S. The Morgan fingerprint density at radius 2 is 1.73 bits per heavy atom. The fourth-order valence-electron chi connectivity index (χ4n) is 4.02. The van der Waals surface area contributed by atoms with Crippen LogP contribution in [0.3, 0.4) is 0 Å². The Labute approximate surface area is 181 Å². The number of nitrogens with zero attached hydrogens (tertiary/aromatic N) is 1. The van der Waals surface area contributed by atoms with Gasteiger partial charge < -0.3 is 10.0 Å². The van der Waals surface area contributed by atoms with E-state index in [-0.39, 0.29) is 12.0 Å². The van der Waals surface area contributed by atoms with Crippen molar-refractivity contribution in [2.45, 2.75) is 65.0 Å². The number of aryl methyl sites for hydroxylation is 2. The van der Waals surface area contributed by atoms with E-state index in [2.05, 4.69) is 24.8 Å². The Morgan fingerprint density at radius 3 is 2.20 bits per heavy atom. The standard InChI is InChI=1S/C24H35NO4S/c1-6-8-12-25(13-9-7-2)21-15-19(24(26)27)16-22(30(5,28)29)23(21)20-11-10-17(3)14-18(20)4/h10-11,14-15,22H,6-9,12-13,16H2,1-5H3,(H,26,27). The highest BCUT2D eigenvalue weighted by Crippen LogP contribution is 2.39. The van der Waals surface area contributed by atoms with E-state index >= 15 is 0 Å². The van der Waals surface area contributed by atoms with Crippen LogP contribution in [0.4, 0.5) is 0 Å². The first-order valence-electron chi connectivity index (χ1n) is 10.8. The molecule has 0 bridgehead atoms. The zero-order chi connectivity index (χ0) is 22.5. The number of unbranched alkanes of at least 4 members (excludes halogenated alkanes) is 2. The summed E-state index contributed by atoms with van der Waals surface area (Å²) in [5.41, 5.74) is 4.67. The maximum Gasteiger partial charge on any atom is 0.331 e. The van der Waals surface area contributed by atoms with Crippen LogP contribution in [0.15, 0.2) is 35.5 Å². The van der Waals surface area contributed by atoms with Gasteiger partial charge in [0.2, 0.25) is 0 Å². The van der Waals surface area contributed by atoms with E-state index in [4.69, 9.17) is 0 Å². The minimum Gasteiger partial charge on any atom is -0.478 e. The maximum absolute atomic E-state index is 12.8. The molecule has 1 unspecified atom stereocenters. The summed E-state index contributed by atoms with van der Waals surface area (Å²) in [7, 11) is -3.51. The normalized spacial score (nSPS) is 17.1. The van der Waals surface area contributed by atoms with Gasteiger partial charge in [-0.2, -0.15) is 0 Å². The van der Waals surface area contributed by atoms with Gasteiger partial charge in [-0.05, 0) is 43.9 Å². The van der Waals surface area contributed by atoms with Crippen molar-refractivity contribution in [3.63, 3.8) is 0 Å². The summed E-state index contributed by atoms with van der Waals surface area (Å²) in [6.07, 6.45) is 6.88. The molecule has 1 N–H and O–H groups in total. The Hall–Kier alpha value is -2.08. The molecule has 1 atom stereocenters. The number of rotatable bonds is 10. The SMILES string of the molecule is CCCCN(CCCC)C1=C(c2ccc(C)cc2C)C(S(C)(=O)=O)CC(C(=O)O)=C1. The lowest BCUT2D eigenvalue weighted by Crippen LogP contribution is -2.34. The highest BCUT2D eigenvalue weighted by molar-refractivity contribution is 7.91. The van der Waals surface area contributed by atoms with Crippen LogP contribution in [0.5, 0.6) is 0 Å². The second kappa shape index (κ2) is 10.3. The van der Waals surface area contributed by atoms with E-state index in [1.165, 1.54) is 6.26 Å². The lowest BCUT2D eigenvalue weighted by Gasteiger charge is -2.34. The molecule has 1 aliphatic rings. The molecule has 166 valence electrons. The molecule has 1 aromatic rings. The van der Waals surface area contributed by atoms with E-state index in [9.17, 15) is 18.3 Å². The monoisotopic (exact) mass is 433 g/mol. The first kappa shape index (κ1) is 24.2. The van der Waals surface area contributed by atoms with Crippen molar-refractivity contribution in [3.8, 4) is 0 Å². The fourth-order valence-corrected chi connectivity index (χ4v) is 5.18. The second-order valence-corrected chi connectivity index (χ2v) is 10.5. The van der Waals surface area contributed by atoms with Crippen molar-refractivity contribution in [2.24, 2.45) is 0 Å². The number of allylic oxidation sites excluding steroid dienone is 1. The molecule has 0 amide bonds. The van der Waals surface area contributed by atoms with Crippen molar-refractivity contribution in [1.82, 2.24) is 4.90 Å². The van der Waals surface area contributed by atoms with Crippen LogP contribution < -0.4 is 0 Å². The van der Waals surface area contributed by atoms with E-state index in [1.54, 1.807) is 6.08 Å². The van der Waals surface area contributed by atoms with Crippen LogP contribution in [0.1, 0.15) is 62.6 Å². The lowest BCUT2D eigenvalue weighted by atomic mass is 9.87. The van der Waals surface area contributed by atoms with Gasteiger partial charge in [0.25, 0.3) is 0 Å². The van der Waals surface area contributed by atoms with Gasteiger partial charge in [0, 0.05) is 42.6 Å². The number of carboxylic acid groups (broad SMARTS) is 1. The number of aliphatic carboxylic acids is 1. The summed E-state index contributed by atoms with van der Waals surface area (Å²) in [5.74, 6) is -1.05. The summed E-state index contributed by atoms with van der Waals surface area (Å²) in [6, 6.07) is 6.03. The fraction of sp³-hybridized carbons (Fsp3) is 0.542. The van der Waals surface area contributed by atoms with Crippen LogP contribution >= 0.6 is 0 Å². The van der Waals surface area contributed by atoms with Crippen molar-refractivity contribution >= 4 is 21.4 Å². The van der Waals surface area contributed by atoms with Gasteiger partial charge in [-0.3, -0.25) is 0 Å². The van der Waals surface area contributed by atoms with Gasteiger partial charge in [-0.15, -0.1) is 0 Å². The first-order valence-corrected chi connectivity index (χ1v) is 12.7. The third-order valence-corrected chi connectivity index (χ3v) is 7.12. The van der Waals surface area contributed by atoms with Crippen LogP contribution in [0.2, 0.25) is 0 Å².